The number of hydrogen-bond acceptors (Lipinski definition) is 4. The van der Waals surface area contributed by atoms with Gasteiger partial charge in [-0.15, -0.1) is 0 Å². The van der Waals surface area contributed by atoms with E-state index < -0.39 is 0 Å². The summed E-state index contributed by atoms with van der Waals surface area (Å²) in [6.45, 7) is 6.93. The van der Waals surface area contributed by atoms with Gasteiger partial charge in [-0.1, -0.05) is 23.4 Å². The largest absolute Gasteiger partial charge is 0.508 e. The highest BCUT2D eigenvalue weighted by Crippen LogP contribution is 2.52. The minimum Gasteiger partial charge on any atom is -0.508 e. The lowest BCUT2D eigenvalue weighted by Gasteiger charge is -2.49. The van der Waals surface area contributed by atoms with E-state index in [1.165, 1.54) is 28.1 Å². The normalized spacial score (nSPS) is 24.4. The maximum absolute atomic E-state index is 10.1. The second kappa shape index (κ2) is 8.71. The molecule has 0 spiro atoms. The number of hydrogen-bond donors (Lipinski definition) is 2. The second-order valence-corrected chi connectivity index (χ2v) is 9.19. The molecule has 4 rings (SSSR count). The Kier molecular flexibility index (Phi) is 6.03. The van der Waals surface area contributed by atoms with Gasteiger partial charge in [-0.2, -0.15) is 0 Å². The third kappa shape index (κ3) is 4.19. The zero-order chi connectivity index (χ0) is 21.1. The van der Waals surface area contributed by atoms with Gasteiger partial charge >= 0.3 is 0 Å². The van der Waals surface area contributed by atoms with E-state index in [1.54, 1.807) is 0 Å². The molecular formula is C26H34N2O2. The monoisotopic (exact) mass is 406 g/mol. The van der Waals surface area contributed by atoms with Gasteiger partial charge in [-0.3, -0.25) is 0 Å². The van der Waals surface area contributed by atoms with Crippen molar-refractivity contribution in [1.29, 1.82) is 0 Å². The third-order valence-corrected chi connectivity index (χ3v) is 6.76. The average molecular weight is 407 g/mol. The van der Waals surface area contributed by atoms with Crippen LogP contribution in [0.3, 0.4) is 0 Å². The third-order valence-electron chi connectivity index (χ3n) is 6.76. The highest BCUT2D eigenvalue weighted by molar-refractivity contribution is 5.85. The molecule has 2 N–H and O–H groups in total. The van der Waals surface area contributed by atoms with Crippen molar-refractivity contribution in [3.63, 3.8) is 0 Å². The van der Waals surface area contributed by atoms with E-state index in [4.69, 9.17) is 4.84 Å². The van der Waals surface area contributed by atoms with Crippen molar-refractivity contribution in [3.05, 3.63) is 59.2 Å². The van der Waals surface area contributed by atoms with E-state index >= 15 is 0 Å². The Balaban J connectivity index is 1.67. The van der Waals surface area contributed by atoms with Crippen LogP contribution in [0.25, 0.3) is 0 Å². The van der Waals surface area contributed by atoms with Crippen LogP contribution in [0.4, 0.5) is 5.69 Å². The van der Waals surface area contributed by atoms with Crippen LogP contribution in [0.2, 0.25) is 0 Å². The molecule has 2 aromatic rings. The number of oxime groups is 1. The number of anilines is 1. The second-order valence-electron chi connectivity index (χ2n) is 9.19. The number of aryl methyl sites for hydroxylation is 1. The zero-order valence-corrected chi connectivity index (χ0v) is 18.4. The van der Waals surface area contributed by atoms with Gasteiger partial charge in [-0.25, -0.2) is 0 Å². The molecule has 4 nitrogen and oxygen atoms in total. The van der Waals surface area contributed by atoms with Crippen molar-refractivity contribution in [2.24, 2.45) is 11.1 Å². The van der Waals surface area contributed by atoms with Crippen LogP contribution in [0.5, 0.6) is 5.75 Å². The standard InChI is InChI=1S/C26H34N2O2/c1-4-30-28-23-13-14-26(17-19-5-9-22(10-6-19)27-18(2)3)21(16-23)8-7-20-15-24(29)11-12-25(20)26/h5-6,9-12,15,18,21,27,29H,4,7-8,13-14,16-17H2,1-3H3/t21-,26+/m1/s1. The Hall–Kier alpha value is -2.49. The molecule has 2 aromatic carbocycles. The molecule has 2 atom stereocenters. The van der Waals surface area contributed by atoms with Gasteiger partial charge in [-0.05, 0) is 106 Å². The van der Waals surface area contributed by atoms with Crippen LogP contribution in [-0.4, -0.2) is 23.5 Å². The van der Waals surface area contributed by atoms with Gasteiger partial charge in [0.25, 0.3) is 0 Å². The smallest absolute Gasteiger partial charge is 0.115 e. The highest BCUT2D eigenvalue weighted by atomic mass is 16.6. The Labute approximate surface area is 180 Å². The first-order valence-corrected chi connectivity index (χ1v) is 11.4. The lowest BCUT2D eigenvalue weighted by Crippen LogP contribution is -2.46. The molecular weight excluding hydrogens is 372 g/mol. The van der Waals surface area contributed by atoms with E-state index in [9.17, 15) is 5.11 Å². The maximum Gasteiger partial charge on any atom is 0.115 e. The quantitative estimate of drug-likeness (QED) is 0.593. The summed E-state index contributed by atoms with van der Waals surface area (Å²) in [5.41, 5.74) is 6.59. The fourth-order valence-electron chi connectivity index (χ4n) is 5.47. The molecule has 0 heterocycles. The molecule has 0 aliphatic heterocycles. The van der Waals surface area contributed by atoms with Gasteiger partial charge in [0.15, 0.2) is 0 Å². The number of benzene rings is 2. The van der Waals surface area contributed by atoms with Crippen LogP contribution in [0.15, 0.2) is 47.6 Å². The van der Waals surface area contributed by atoms with Crippen LogP contribution in [0.1, 0.15) is 63.1 Å². The molecule has 0 radical (unpaired) electrons. The zero-order valence-electron chi connectivity index (χ0n) is 18.4. The van der Waals surface area contributed by atoms with Crippen molar-refractivity contribution in [2.75, 3.05) is 11.9 Å². The molecule has 0 aromatic heterocycles. The first-order chi connectivity index (χ1) is 14.5. The molecule has 0 unspecified atom stereocenters. The van der Waals surface area contributed by atoms with Crippen LogP contribution in [-0.2, 0) is 23.1 Å². The van der Waals surface area contributed by atoms with E-state index in [0.717, 1.165) is 38.5 Å². The average Bonchev–Trinajstić information content (AvgIpc) is 2.73. The van der Waals surface area contributed by atoms with E-state index in [1.807, 2.05) is 19.1 Å². The van der Waals surface area contributed by atoms with Crippen molar-refractivity contribution in [2.45, 2.75) is 70.8 Å². The van der Waals surface area contributed by atoms with Gasteiger partial charge in [0.1, 0.15) is 12.4 Å². The van der Waals surface area contributed by atoms with E-state index in [2.05, 4.69) is 54.7 Å². The van der Waals surface area contributed by atoms with Crippen LogP contribution >= 0.6 is 0 Å². The Morgan fingerprint density at radius 3 is 2.70 bits per heavy atom. The van der Waals surface area contributed by atoms with E-state index in [0.29, 0.717) is 24.3 Å². The lowest BCUT2D eigenvalue weighted by molar-refractivity contribution is 0.149. The molecule has 1 fully saturated rings. The number of nitrogens with one attached hydrogen (secondary N) is 1. The summed E-state index contributed by atoms with van der Waals surface area (Å²) in [5.74, 6) is 0.928. The van der Waals surface area contributed by atoms with Crippen molar-refractivity contribution in [1.82, 2.24) is 0 Å². The number of rotatable bonds is 6. The predicted molar refractivity (Wildman–Crippen MR) is 123 cm³/mol. The first kappa shape index (κ1) is 20.8. The summed E-state index contributed by atoms with van der Waals surface area (Å²) < 4.78 is 0. The van der Waals surface area contributed by atoms with E-state index in [-0.39, 0.29) is 5.41 Å². The molecule has 0 bridgehead atoms. The molecule has 2 aliphatic carbocycles. The predicted octanol–water partition coefficient (Wildman–Crippen LogP) is 5.83. The highest BCUT2D eigenvalue weighted by Gasteiger charge is 2.47. The number of nitrogens with zero attached hydrogens (tertiary/aromatic N) is 1. The minimum atomic E-state index is 0.0967. The fourth-order valence-corrected chi connectivity index (χ4v) is 5.47. The SMILES string of the molecule is CCON=C1CC[C@@]2(Cc3ccc(NC(C)C)cc3)c3ccc(O)cc3CC[C@@H]2C1. The molecule has 4 heteroatoms. The van der Waals surface area contributed by atoms with Crippen LogP contribution < -0.4 is 5.32 Å². The summed E-state index contributed by atoms with van der Waals surface area (Å²) in [4.78, 5) is 5.38. The summed E-state index contributed by atoms with van der Waals surface area (Å²) in [5, 5.41) is 17.9. The summed E-state index contributed by atoms with van der Waals surface area (Å²) >= 11 is 0. The van der Waals surface area contributed by atoms with Gasteiger partial charge in [0, 0.05) is 17.1 Å². The first-order valence-electron chi connectivity index (χ1n) is 11.4. The number of phenolic OH excluding ortho intramolecular Hbond substituents is 1. The van der Waals surface area contributed by atoms with Gasteiger partial charge in [0.2, 0.25) is 0 Å². The summed E-state index contributed by atoms with van der Waals surface area (Å²) in [7, 11) is 0. The molecule has 0 saturated heterocycles. The summed E-state index contributed by atoms with van der Waals surface area (Å²) in [6.07, 6.45) is 6.24. The topological polar surface area (TPSA) is 53.8 Å². The Morgan fingerprint density at radius 1 is 1.17 bits per heavy atom. The van der Waals surface area contributed by atoms with Crippen molar-refractivity contribution in [3.8, 4) is 5.75 Å². The molecule has 1 saturated carbocycles. The number of aromatic hydroxyl groups is 1. The number of phenols is 1. The summed E-state index contributed by atoms with van der Waals surface area (Å²) in [6, 6.07) is 15.4. The molecule has 0 amide bonds. The van der Waals surface area contributed by atoms with Crippen molar-refractivity contribution >= 4 is 11.4 Å². The number of fused-ring (bicyclic) bond motifs is 3. The Morgan fingerprint density at radius 2 is 1.97 bits per heavy atom. The fraction of sp³-hybridized carbons (Fsp3) is 0.500. The lowest BCUT2D eigenvalue weighted by atomic mass is 9.55. The molecule has 160 valence electrons. The molecule has 2 aliphatic rings. The van der Waals surface area contributed by atoms with Crippen LogP contribution in [0, 0.1) is 5.92 Å². The van der Waals surface area contributed by atoms with Gasteiger partial charge < -0.3 is 15.3 Å². The van der Waals surface area contributed by atoms with Crippen molar-refractivity contribution < 1.29 is 9.94 Å². The van der Waals surface area contributed by atoms with Gasteiger partial charge in [0.05, 0.1) is 5.71 Å². The maximum atomic E-state index is 10.1. The molecule has 30 heavy (non-hydrogen) atoms. The minimum absolute atomic E-state index is 0.0967. The Bertz CT molecular complexity index is 904.